The molecule has 0 unspecified atom stereocenters. The number of nitrogens with two attached hydrogens (primary N) is 1. The van der Waals surface area contributed by atoms with Gasteiger partial charge in [0.2, 0.25) is 0 Å². The predicted octanol–water partition coefficient (Wildman–Crippen LogP) is -0.445. The first-order valence-electron chi connectivity index (χ1n) is 6.98. The van der Waals surface area contributed by atoms with E-state index in [2.05, 4.69) is 5.32 Å². The van der Waals surface area contributed by atoms with E-state index in [9.17, 15) is 9.59 Å². The zero-order chi connectivity index (χ0) is 16.4. The van der Waals surface area contributed by atoms with E-state index in [1.165, 1.54) is 13.8 Å². The van der Waals surface area contributed by atoms with Gasteiger partial charge in [0, 0.05) is 22.9 Å². The van der Waals surface area contributed by atoms with E-state index in [0.29, 0.717) is 22.6 Å². The Hall–Kier alpha value is -2.40. The van der Waals surface area contributed by atoms with E-state index in [-0.39, 0.29) is 24.0 Å². The number of halogens is 1. The fraction of sp³-hybridized carbons (Fsp3) is 0.235. The van der Waals surface area contributed by atoms with E-state index >= 15 is 0 Å². The molecule has 0 aliphatic heterocycles. The summed E-state index contributed by atoms with van der Waals surface area (Å²) < 4.78 is 1.87. The summed E-state index contributed by atoms with van der Waals surface area (Å²) in [6, 6.07) is 8.83. The largest absolute Gasteiger partial charge is 1.00 e. The average Bonchev–Trinajstić information content (AvgIpc) is 2.44. The highest BCUT2D eigenvalue weighted by Crippen LogP contribution is 2.22. The molecule has 0 spiro atoms. The van der Waals surface area contributed by atoms with Crippen LogP contribution in [0, 0.1) is 6.92 Å². The van der Waals surface area contributed by atoms with Crippen LogP contribution in [0.4, 0.5) is 17.2 Å². The molecule has 6 heteroatoms. The Balaban J connectivity index is 0.00000264. The summed E-state index contributed by atoms with van der Waals surface area (Å²) in [7, 11) is 1.89. The number of nitrogen functional groups attached to an aromatic ring is 1. The van der Waals surface area contributed by atoms with E-state index in [1.54, 1.807) is 24.3 Å². The van der Waals surface area contributed by atoms with Crippen LogP contribution in [0.2, 0.25) is 0 Å². The number of aryl methyl sites for hydroxylation is 1. The van der Waals surface area contributed by atoms with E-state index in [0.717, 1.165) is 11.4 Å². The minimum absolute atomic E-state index is 0. The number of nitrogens with one attached hydrogen (secondary N) is 1. The van der Waals surface area contributed by atoms with Crippen LogP contribution >= 0.6 is 0 Å². The molecule has 1 aromatic carbocycles. The summed E-state index contributed by atoms with van der Waals surface area (Å²) in [5.74, 6) is 0.458. The molecule has 5 nitrogen and oxygen atoms in total. The molecule has 2 aromatic rings. The molecule has 2 rings (SSSR count). The fourth-order valence-electron chi connectivity index (χ4n) is 2.17. The predicted molar refractivity (Wildman–Crippen MR) is 86.5 cm³/mol. The maximum Gasteiger partial charge on any atom is 0.274 e. The first kappa shape index (κ1) is 18.6. The van der Waals surface area contributed by atoms with Crippen LogP contribution in [0.25, 0.3) is 0 Å². The number of benzene rings is 1. The van der Waals surface area contributed by atoms with Crippen molar-refractivity contribution in [3.63, 3.8) is 0 Å². The summed E-state index contributed by atoms with van der Waals surface area (Å²) in [6.07, 6.45) is 0. The van der Waals surface area contributed by atoms with Crippen LogP contribution in [0.15, 0.2) is 30.3 Å². The number of carbonyl (C=O) groups excluding carboxylic acids is 2. The fourth-order valence-corrected chi connectivity index (χ4v) is 2.17. The molecule has 0 amide bonds. The van der Waals surface area contributed by atoms with Gasteiger partial charge in [-0.3, -0.25) is 15.3 Å². The van der Waals surface area contributed by atoms with Crippen molar-refractivity contribution in [2.24, 2.45) is 7.05 Å². The first-order chi connectivity index (χ1) is 10.3. The summed E-state index contributed by atoms with van der Waals surface area (Å²) >= 11 is 0. The van der Waals surface area contributed by atoms with Gasteiger partial charge in [-0.15, -0.1) is 0 Å². The van der Waals surface area contributed by atoms with Gasteiger partial charge in [-0.2, -0.15) is 0 Å². The van der Waals surface area contributed by atoms with Gasteiger partial charge in [-0.1, -0.05) is 0 Å². The van der Waals surface area contributed by atoms with E-state index in [4.69, 9.17) is 5.73 Å². The Labute approximate surface area is 141 Å². The molecule has 122 valence electrons. The number of Topliss-reactive ketones (excluding diaryl/α,β-unsaturated/α-hetero) is 2. The molecule has 1 aromatic heterocycles. The van der Waals surface area contributed by atoms with Crippen molar-refractivity contribution in [1.82, 2.24) is 0 Å². The number of pyridine rings is 1. The molecule has 0 fully saturated rings. The number of anilines is 3. The Morgan fingerprint density at radius 1 is 0.957 bits per heavy atom. The molecule has 23 heavy (non-hydrogen) atoms. The Morgan fingerprint density at radius 2 is 1.43 bits per heavy atom. The van der Waals surface area contributed by atoms with Crippen molar-refractivity contribution in [3.05, 3.63) is 47.2 Å². The van der Waals surface area contributed by atoms with Crippen molar-refractivity contribution in [1.29, 1.82) is 0 Å². The second-order valence-corrected chi connectivity index (χ2v) is 5.41. The van der Waals surface area contributed by atoms with Gasteiger partial charge in [0.1, 0.15) is 5.69 Å². The molecular weight excluding hydrogens is 314 g/mol. The second-order valence-electron chi connectivity index (χ2n) is 5.41. The third-order valence-corrected chi connectivity index (χ3v) is 3.62. The lowest BCUT2D eigenvalue weighted by Gasteiger charge is -2.11. The van der Waals surface area contributed by atoms with E-state index in [1.807, 2.05) is 24.6 Å². The van der Waals surface area contributed by atoms with Crippen LogP contribution in [-0.4, -0.2) is 11.6 Å². The van der Waals surface area contributed by atoms with Gasteiger partial charge in [-0.25, -0.2) is 4.57 Å². The van der Waals surface area contributed by atoms with Gasteiger partial charge in [-0.05, 0) is 39.0 Å². The monoisotopic (exact) mass is 333 g/mol. The van der Waals surface area contributed by atoms with Crippen LogP contribution < -0.4 is 28.0 Å². The molecule has 0 bridgehead atoms. The lowest BCUT2D eigenvalue weighted by Crippen LogP contribution is -3.00. The van der Waals surface area contributed by atoms with Crippen molar-refractivity contribution in [2.75, 3.05) is 11.1 Å². The molecule has 0 aliphatic carbocycles. The number of hydrogen-bond acceptors (Lipinski definition) is 4. The molecule has 0 aliphatic rings. The van der Waals surface area contributed by atoms with Gasteiger partial charge in [0.25, 0.3) is 5.82 Å². The molecule has 3 N–H and O–H groups in total. The highest BCUT2D eigenvalue weighted by atomic mass is 35.5. The molecule has 0 saturated carbocycles. The number of carbonyl (C=O) groups is 2. The Kier molecular flexibility index (Phi) is 5.87. The highest BCUT2D eigenvalue weighted by molar-refractivity contribution is 6.01. The van der Waals surface area contributed by atoms with Crippen molar-refractivity contribution >= 4 is 28.8 Å². The van der Waals surface area contributed by atoms with Crippen LogP contribution in [0.1, 0.15) is 40.3 Å². The zero-order valence-corrected chi connectivity index (χ0v) is 14.4. The molecule has 1 heterocycles. The van der Waals surface area contributed by atoms with Crippen molar-refractivity contribution in [2.45, 2.75) is 20.8 Å². The maximum atomic E-state index is 11.6. The number of hydrogen-bond donors (Lipinski definition) is 2. The summed E-state index contributed by atoms with van der Waals surface area (Å²) in [6.45, 7) is 4.91. The summed E-state index contributed by atoms with van der Waals surface area (Å²) in [5, 5.41) is 3.21. The molecular formula is C17H20ClN3O2. The van der Waals surface area contributed by atoms with Gasteiger partial charge >= 0.3 is 0 Å². The lowest BCUT2D eigenvalue weighted by atomic mass is 10.0. The molecule has 0 atom stereocenters. The number of rotatable bonds is 4. The standard InChI is InChI=1S/C17H19N3O2.ClH/c1-10-5-15(9-17(18)20(10)4)19-16-7-13(11(2)21)6-14(8-16)12(3)22;/h5-9H,1-4H3,(H2,18,19);1H. The average molecular weight is 334 g/mol. The van der Waals surface area contributed by atoms with Gasteiger partial charge in [0.05, 0.1) is 18.8 Å². The highest BCUT2D eigenvalue weighted by Gasteiger charge is 2.10. The number of aromatic nitrogens is 1. The van der Waals surface area contributed by atoms with Gasteiger partial charge in [0.15, 0.2) is 11.6 Å². The SMILES string of the molecule is CC(=O)c1cc(Nc2cc(C)[n+](C)c(N)c2)cc(C(C)=O)c1.[Cl-]. The Bertz CT molecular complexity index is 717. The summed E-state index contributed by atoms with van der Waals surface area (Å²) in [4.78, 5) is 23.2. The van der Waals surface area contributed by atoms with Crippen LogP contribution in [0.3, 0.4) is 0 Å². The first-order valence-corrected chi connectivity index (χ1v) is 6.98. The number of ketones is 2. The number of nitrogens with zero attached hydrogens (tertiary/aromatic N) is 1. The molecule has 0 radical (unpaired) electrons. The van der Waals surface area contributed by atoms with E-state index < -0.39 is 0 Å². The van der Waals surface area contributed by atoms with Crippen molar-refractivity contribution in [3.8, 4) is 0 Å². The maximum absolute atomic E-state index is 11.6. The third-order valence-electron chi connectivity index (χ3n) is 3.62. The topological polar surface area (TPSA) is 76.1 Å². The van der Waals surface area contributed by atoms with Crippen LogP contribution in [0.5, 0.6) is 0 Å². The third kappa shape index (κ3) is 4.29. The smallest absolute Gasteiger partial charge is 0.274 e. The molecule has 0 saturated heterocycles. The minimum atomic E-state index is -0.0821. The van der Waals surface area contributed by atoms with Crippen LogP contribution in [-0.2, 0) is 7.05 Å². The quantitative estimate of drug-likeness (QED) is 0.587. The normalized spacial score (nSPS) is 9.91. The van der Waals surface area contributed by atoms with Crippen molar-refractivity contribution < 1.29 is 26.6 Å². The zero-order valence-electron chi connectivity index (χ0n) is 13.6. The second kappa shape index (κ2) is 7.24. The minimum Gasteiger partial charge on any atom is -1.00 e. The summed E-state index contributed by atoms with van der Waals surface area (Å²) in [5.41, 5.74) is 9.44. The Morgan fingerprint density at radius 3 is 1.87 bits per heavy atom. The van der Waals surface area contributed by atoms with Gasteiger partial charge < -0.3 is 17.7 Å². The lowest BCUT2D eigenvalue weighted by molar-refractivity contribution is -0.663.